The first-order chi connectivity index (χ1) is 7.57. The predicted molar refractivity (Wildman–Crippen MR) is 60.8 cm³/mol. The number of hydrogen-bond donors (Lipinski definition) is 2. The van der Waals surface area contributed by atoms with Crippen LogP contribution in [0.1, 0.15) is 6.92 Å². The van der Waals surface area contributed by atoms with E-state index >= 15 is 0 Å². The van der Waals surface area contributed by atoms with Gasteiger partial charge in [0.25, 0.3) is 5.82 Å². The summed E-state index contributed by atoms with van der Waals surface area (Å²) in [6.07, 6.45) is 7.47. The molecule has 1 aromatic rings. The van der Waals surface area contributed by atoms with Gasteiger partial charge in [-0.15, -0.1) is 0 Å². The molecule has 0 saturated heterocycles. The summed E-state index contributed by atoms with van der Waals surface area (Å²) in [7, 11) is 0. The number of allylic oxidation sites excluding steroid dienone is 3. The molecular weight excluding hydrogens is 206 g/mol. The molecule has 0 fully saturated rings. The van der Waals surface area contributed by atoms with Gasteiger partial charge in [-0.1, -0.05) is 18.2 Å². The second-order valence-electron chi connectivity index (χ2n) is 2.74. The number of pyridine rings is 1. The van der Waals surface area contributed by atoms with Gasteiger partial charge in [-0.2, -0.15) is 0 Å². The number of anilines is 2. The standard InChI is InChI=1S/C6H8O2.C5H7N3/c1-2-3-4-5-6(7)8;6-4-2-1-3-8-5(4)7/h2-5H,1H3,(H,7,8);1-3H,6H2,(H2,7,8)/b3-2+,5-4+;. The lowest BCUT2D eigenvalue weighted by molar-refractivity contribution is -0.359. The molecule has 1 rings (SSSR count). The first-order valence-corrected chi connectivity index (χ1v) is 4.60. The van der Waals surface area contributed by atoms with Crippen molar-refractivity contribution >= 4 is 17.5 Å². The Morgan fingerprint density at radius 2 is 2.12 bits per heavy atom. The predicted octanol–water partition coefficient (Wildman–Crippen LogP) is -0.466. The highest BCUT2D eigenvalue weighted by Gasteiger charge is 1.93. The third-order valence-electron chi connectivity index (χ3n) is 1.46. The zero-order valence-corrected chi connectivity index (χ0v) is 9.01. The molecule has 5 nitrogen and oxygen atoms in total. The van der Waals surface area contributed by atoms with Gasteiger partial charge in [0.05, 0.1) is 12.2 Å². The number of carboxylic acids is 1. The number of hydrogen-bond acceptors (Lipinski definition) is 4. The van der Waals surface area contributed by atoms with Gasteiger partial charge < -0.3 is 15.6 Å². The van der Waals surface area contributed by atoms with E-state index in [9.17, 15) is 9.90 Å². The maximum Gasteiger partial charge on any atom is 0.293 e. The monoisotopic (exact) mass is 221 g/mol. The highest BCUT2D eigenvalue weighted by Crippen LogP contribution is 2.02. The van der Waals surface area contributed by atoms with Crippen LogP contribution in [0.4, 0.5) is 11.5 Å². The Labute approximate surface area is 94.1 Å². The molecule has 0 bridgehead atoms. The highest BCUT2D eigenvalue weighted by molar-refractivity contribution is 5.77. The average molecular weight is 221 g/mol. The number of carbonyl (C=O) groups is 1. The number of H-pyrrole nitrogens is 1. The van der Waals surface area contributed by atoms with Crippen LogP contribution < -0.4 is 21.6 Å². The van der Waals surface area contributed by atoms with Gasteiger partial charge >= 0.3 is 0 Å². The summed E-state index contributed by atoms with van der Waals surface area (Å²) in [4.78, 5) is 12.4. The minimum absolute atomic E-state index is 0.521. The van der Waals surface area contributed by atoms with E-state index in [4.69, 9.17) is 11.5 Å². The molecule has 0 saturated carbocycles. The molecule has 16 heavy (non-hydrogen) atoms. The fourth-order valence-corrected chi connectivity index (χ4v) is 0.708. The quantitative estimate of drug-likeness (QED) is 0.520. The second-order valence-corrected chi connectivity index (χ2v) is 2.74. The van der Waals surface area contributed by atoms with Gasteiger partial charge in [-0.05, 0) is 25.1 Å². The molecule has 0 aromatic carbocycles. The van der Waals surface area contributed by atoms with Crippen molar-refractivity contribution in [3.63, 3.8) is 0 Å². The first-order valence-electron chi connectivity index (χ1n) is 4.60. The Kier molecular flexibility index (Phi) is 6.89. The molecule has 1 heterocycles. The van der Waals surface area contributed by atoms with Crippen molar-refractivity contribution in [3.05, 3.63) is 42.6 Å². The number of rotatable bonds is 2. The summed E-state index contributed by atoms with van der Waals surface area (Å²) < 4.78 is 0. The van der Waals surface area contributed by atoms with Crippen LogP contribution in [0, 0.1) is 0 Å². The van der Waals surface area contributed by atoms with E-state index < -0.39 is 5.97 Å². The van der Waals surface area contributed by atoms with Crippen LogP contribution in [0.15, 0.2) is 42.6 Å². The molecule has 86 valence electrons. The van der Waals surface area contributed by atoms with E-state index in [1.807, 2.05) is 0 Å². The van der Waals surface area contributed by atoms with E-state index in [0.717, 1.165) is 6.08 Å². The van der Waals surface area contributed by atoms with Crippen LogP contribution in [0.2, 0.25) is 0 Å². The number of aromatic amines is 1. The van der Waals surface area contributed by atoms with Gasteiger partial charge in [-0.25, -0.2) is 4.98 Å². The Bertz CT molecular complexity index is 366. The number of nitrogens with one attached hydrogen (secondary N) is 1. The fourth-order valence-electron chi connectivity index (χ4n) is 0.708. The summed E-state index contributed by atoms with van der Waals surface area (Å²) in [5.41, 5.74) is 11.3. The van der Waals surface area contributed by atoms with Gasteiger partial charge in [0, 0.05) is 0 Å². The number of aliphatic carboxylic acids is 1. The number of carboxylic acid groups (broad SMARTS) is 1. The minimum atomic E-state index is -1.16. The largest absolute Gasteiger partial charge is 0.545 e. The topological polar surface area (TPSA) is 106 Å². The molecule has 0 aliphatic heterocycles. The zero-order valence-electron chi connectivity index (χ0n) is 9.01. The maximum atomic E-state index is 9.64. The summed E-state index contributed by atoms with van der Waals surface area (Å²) >= 11 is 0. The third kappa shape index (κ3) is 7.14. The number of nitrogen functional groups attached to an aromatic ring is 2. The minimum Gasteiger partial charge on any atom is -0.545 e. The number of aromatic nitrogens is 1. The van der Waals surface area contributed by atoms with E-state index in [2.05, 4.69) is 4.98 Å². The summed E-state index contributed by atoms with van der Waals surface area (Å²) in [5.74, 6) is -0.643. The number of nitrogens with two attached hydrogens (primary N) is 2. The Morgan fingerprint density at radius 3 is 2.50 bits per heavy atom. The molecular formula is C11H15N3O2. The van der Waals surface area contributed by atoms with Crippen LogP contribution in [0.25, 0.3) is 0 Å². The van der Waals surface area contributed by atoms with E-state index in [1.165, 1.54) is 6.08 Å². The lowest BCUT2D eigenvalue weighted by atomic mass is 10.4. The van der Waals surface area contributed by atoms with Gasteiger partial charge in [0.15, 0.2) is 0 Å². The second kappa shape index (κ2) is 8.05. The molecule has 0 aliphatic carbocycles. The zero-order chi connectivity index (χ0) is 12.4. The van der Waals surface area contributed by atoms with Crippen molar-refractivity contribution < 1.29 is 14.9 Å². The summed E-state index contributed by atoms with van der Waals surface area (Å²) in [6.45, 7) is 1.81. The van der Waals surface area contributed by atoms with Crippen LogP contribution in [-0.2, 0) is 4.79 Å². The van der Waals surface area contributed by atoms with Crippen molar-refractivity contribution in [3.8, 4) is 0 Å². The Hall–Kier alpha value is -2.30. The lowest BCUT2D eigenvalue weighted by Gasteiger charge is -1.87. The van der Waals surface area contributed by atoms with Crippen molar-refractivity contribution in [2.75, 3.05) is 11.5 Å². The van der Waals surface area contributed by atoms with Crippen molar-refractivity contribution in [1.29, 1.82) is 0 Å². The molecule has 5 heteroatoms. The average Bonchev–Trinajstić information content (AvgIpc) is 2.23. The third-order valence-corrected chi connectivity index (χ3v) is 1.46. The smallest absolute Gasteiger partial charge is 0.293 e. The van der Waals surface area contributed by atoms with Crippen LogP contribution in [0.5, 0.6) is 0 Å². The molecule has 5 N–H and O–H groups in total. The maximum absolute atomic E-state index is 9.64. The molecule has 0 unspecified atom stereocenters. The number of carbonyl (C=O) groups excluding carboxylic acids is 1. The van der Waals surface area contributed by atoms with Gasteiger partial charge in [0.1, 0.15) is 5.69 Å². The molecule has 0 radical (unpaired) electrons. The first kappa shape index (κ1) is 13.7. The lowest BCUT2D eigenvalue weighted by Crippen LogP contribution is -2.18. The molecule has 0 spiro atoms. The SMILES string of the molecule is C/C=C/C=C/C(=O)[O-].Nc1ccc[nH+]c1N. The van der Waals surface area contributed by atoms with Crippen molar-refractivity contribution in [2.45, 2.75) is 6.92 Å². The summed E-state index contributed by atoms with van der Waals surface area (Å²) in [6, 6.07) is 3.54. The van der Waals surface area contributed by atoms with Crippen LogP contribution in [-0.4, -0.2) is 5.97 Å². The van der Waals surface area contributed by atoms with Crippen molar-refractivity contribution in [2.24, 2.45) is 0 Å². The van der Waals surface area contributed by atoms with Gasteiger partial charge in [0.2, 0.25) is 0 Å². The van der Waals surface area contributed by atoms with E-state index in [-0.39, 0.29) is 0 Å². The molecule has 0 atom stereocenters. The highest BCUT2D eigenvalue weighted by atomic mass is 16.4. The molecule has 0 amide bonds. The molecule has 1 aromatic heterocycles. The Morgan fingerprint density at radius 1 is 1.44 bits per heavy atom. The Balaban J connectivity index is 0.000000281. The van der Waals surface area contributed by atoms with Crippen LogP contribution in [0.3, 0.4) is 0 Å². The van der Waals surface area contributed by atoms with Gasteiger partial charge in [-0.3, -0.25) is 5.73 Å². The molecule has 0 aliphatic rings. The van der Waals surface area contributed by atoms with Crippen molar-refractivity contribution in [1.82, 2.24) is 0 Å². The van der Waals surface area contributed by atoms with Crippen LogP contribution >= 0.6 is 0 Å². The van der Waals surface area contributed by atoms with E-state index in [0.29, 0.717) is 11.5 Å². The van der Waals surface area contributed by atoms with E-state index in [1.54, 1.807) is 37.4 Å². The normalized spacial score (nSPS) is 10.1. The fraction of sp³-hybridized carbons (Fsp3) is 0.0909. The summed E-state index contributed by atoms with van der Waals surface area (Å²) in [5, 5.41) is 9.64.